The van der Waals surface area contributed by atoms with E-state index >= 15 is 0 Å². The SMILES string of the molecule is O=C(O)CCCC(=O)NCc1ccccc1-c1ccc([C@H]2O[C@@H](CSc3nc(-c4ccccc4)c(-c4ccccc4)o3)C[C@@H](c3ccc(CO)cc3)O2)cc1. The Kier molecular flexibility index (Phi) is 12.5. The van der Waals surface area contributed by atoms with Gasteiger partial charge in [0.15, 0.2) is 12.1 Å². The van der Waals surface area contributed by atoms with Crippen LogP contribution in [0, 0.1) is 0 Å². The molecular weight excluding hydrogens is 713 g/mol. The molecule has 1 fully saturated rings. The number of ether oxygens (including phenoxy) is 2. The Hall–Kier alpha value is -5.52. The Morgan fingerprint density at radius 3 is 2.13 bits per heavy atom. The standard InChI is InChI=1S/C45H42N2O7S/c48-28-30-18-20-32(21-19-30)39-26-37(29-55-45-47-42(33-10-3-1-4-11-33)43(54-45)34-12-5-2-6-13-34)52-44(53-39)35-24-22-31(23-25-35)38-15-8-7-14-36(38)27-46-40(49)16-9-17-41(50)51/h1-8,10-15,18-25,37,39,44,48H,9,16-17,26-29H2,(H,46,49)(H,50,51)/t37-,39+,44+/m1/s1. The van der Waals surface area contributed by atoms with Crippen molar-refractivity contribution < 1.29 is 33.7 Å². The molecule has 0 unspecified atom stereocenters. The maximum absolute atomic E-state index is 12.4. The van der Waals surface area contributed by atoms with Crippen LogP contribution in [0.2, 0.25) is 0 Å². The Morgan fingerprint density at radius 2 is 1.42 bits per heavy atom. The highest BCUT2D eigenvalue weighted by molar-refractivity contribution is 7.99. The quantitative estimate of drug-likeness (QED) is 0.0878. The molecule has 0 radical (unpaired) electrons. The molecule has 1 aromatic heterocycles. The molecule has 2 heterocycles. The van der Waals surface area contributed by atoms with Crippen molar-refractivity contribution in [2.24, 2.45) is 0 Å². The molecule has 0 bridgehead atoms. The maximum atomic E-state index is 12.4. The summed E-state index contributed by atoms with van der Waals surface area (Å²) in [6.07, 6.45) is -0.0353. The highest BCUT2D eigenvalue weighted by atomic mass is 32.2. The monoisotopic (exact) mass is 754 g/mol. The van der Waals surface area contributed by atoms with Crippen LogP contribution in [-0.2, 0) is 32.2 Å². The number of thioether (sulfide) groups is 1. The number of benzene rings is 5. The van der Waals surface area contributed by atoms with Crippen molar-refractivity contribution in [2.75, 3.05) is 5.75 Å². The Bertz CT molecular complexity index is 2120. The molecule has 0 saturated carbocycles. The number of amides is 1. The number of rotatable bonds is 15. The number of nitrogens with one attached hydrogen (secondary N) is 1. The number of hydrogen-bond acceptors (Lipinski definition) is 8. The second-order valence-corrected chi connectivity index (χ2v) is 14.3. The van der Waals surface area contributed by atoms with E-state index in [-0.39, 0.29) is 37.6 Å². The van der Waals surface area contributed by atoms with Gasteiger partial charge in [-0.3, -0.25) is 9.59 Å². The van der Waals surface area contributed by atoms with Crippen molar-refractivity contribution in [1.29, 1.82) is 0 Å². The zero-order valence-corrected chi connectivity index (χ0v) is 31.0. The number of hydrogen-bond donors (Lipinski definition) is 3. The van der Waals surface area contributed by atoms with Gasteiger partial charge in [-0.25, -0.2) is 4.98 Å². The van der Waals surface area contributed by atoms with E-state index < -0.39 is 12.3 Å². The van der Waals surface area contributed by atoms with Gasteiger partial charge in [-0.15, -0.1) is 0 Å². The number of aliphatic hydroxyl groups excluding tert-OH is 1. The summed E-state index contributed by atoms with van der Waals surface area (Å²) in [5.41, 5.74) is 8.35. The lowest BCUT2D eigenvalue weighted by Crippen LogP contribution is -2.31. The van der Waals surface area contributed by atoms with E-state index in [2.05, 4.69) is 5.32 Å². The van der Waals surface area contributed by atoms with Gasteiger partial charge in [0.05, 0.1) is 18.8 Å². The van der Waals surface area contributed by atoms with E-state index in [0.717, 1.165) is 56.0 Å². The van der Waals surface area contributed by atoms with Gasteiger partial charge in [0.1, 0.15) is 5.69 Å². The summed E-state index contributed by atoms with van der Waals surface area (Å²) < 4.78 is 19.7. The molecule has 3 N–H and O–H groups in total. The summed E-state index contributed by atoms with van der Waals surface area (Å²) in [5, 5.41) is 22.0. The van der Waals surface area contributed by atoms with E-state index in [1.807, 2.05) is 133 Å². The minimum atomic E-state index is -0.909. The van der Waals surface area contributed by atoms with Crippen LogP contribution in [0.4, 0.5) is 0 Å². The summed E-state index contributed by atoms with van der Waals surface area (Å²) in [6.45, 7) is 0.302. The van der Waals surface area contributed by atoms with Crippen LogP contribution in [0.1, 0.15) is 60.3 Å². The molecule has 6 aromatic rings. The van der Waals surface area contributed by atoms with Crippen molar-refractivity contribution in [2.45, 2.75) is 62.6 Å². The van der Waals surface area contributed by atoms with Crippen LogP contribution in [0.5, 0.6) is 0 Å². The van der Waals surface area contributed by atoms with Crippen molar-refractivity contribution in [1.82, 2.24) is 10.3 Å². The Labute approximate surface area is 324 Å². The van der Waals surface area contributed by atoms with Gasteiger partial charge in [0.25, 0.3) is 5.22 Å². The summed E-state index contributed by atoms with van der Waals surface area (Å²) >= 11 is 1.52. The lowest BCUT2D eigenvalue weighted by atomic mass is 9.97. The Morgan fingerprint density at radius 1 is 0.745 bits per heavy atom. The fourth-order valence-electron chi connectivity index (χ4n) is 6.58. The number of nitrogens with zero attached hydrogens (tertiary/aromatic N) is 1. The first kappa shape index (κ1) is 37.8. The molecule has 3 atom stereocenters. The second kappa shape index (κ2) is 18.2. The lowest BCUT2D eigenvalue weighted by molar-refractivity contribution is -0.245. The third-order valence-corrected chi connectivity index (χ3v) is 10.4. The molecule has 9 nitrogen and oxygen atoms in total. The van der Waals surface area contributed by atoms with Gasteiger partial charge >= 0.3 is 5.97 Å². The summed E-state index contributed by atoms with van der Waals surface area (Å²) in [4.78, 5) is 28.1. The molecule has 0 spiro atoms. The minimum absolute atomic E-state index is 0.0302. The normalized spacial score (nSPS) is 16.8. The van der Waals surface area contributed by atoms with Gasteiger partial charge in [-0.1, -0.05) is 145 Å². The summed E-state index contributed by atoms with van der Waals surface area (Å²) in [6, 6.07) is 43.8. The van der Waals surface area contributed by atoms with Crippen LogP contribution in [0.15, 0.2) is 143 Å². The molecule has 1 aliphatic rings. The first-order chi connectivity index (χ1) is 26.9. The zero-order chi connectivity index (χ0) is 38.0. The van der Waals surface area contributed by atoms with E-state index in [0.29, 0.717) is 30.4 Å². The molecule has 280 valence electrons. The highest BCUT2D eigenvalue weighted by Crippen LogP contribution is 2.41. The molecule has 5 aromatic carbocycles. The first-order valence-electron chi connectivity index (χ1n) is 18.4. The second-order valence-electron chi connectivity index (χ2n) is 13.4. The number of carbonyl (C=O) groups is 2. The number of aromatic nitrogens is 1. The number of aliphatic hydroxyl groups is 1. The molecule has 0 aliphatic carbocycles. The number of carbonyl (C=O) groups excluding carboxylic acids is 1. The summed E-state index contributed by atoms with van der Waals surface area (Å²) in [7, 11) is 0. The number of aliphatic carboxylic acids is 1. The first-order valence-corrected chi connectivity index (χ1v) is 19.3. The molecule has 10 heteroatoms. The number of oxazole rings is 1. The van der Waals surface area contributed by atoms with Crippen molar-refractivity contribution in [3.8, 4) is 33.7 Å². The van der Waals surface area contributed by atoms with Gasteiger partial charge in [-0.2, -0.15) is 0 Å². The van der Waals surface area contributed by atoms with Gasteiger partial charge in [-0.05, 0) is 34.2 Å². The van der Waals surface area contributed by atoms with E-state index in [4.69, 9.17) is 24.0 Å². The fraction of sp³-hybridized carbons (Fsp3) is 0.222. The van der Waals surface area contributed by atoms with E-state index in [1.165, 1.54) is 11.8 Å². The van der Waals surface area contributed by atoms with Crippen LogP contribution in [0.3, 0.4) is 0 Å². The number of carboxylic acids is 1. The average Bonchev–Trinajstić information content (AvgIpc) is 3.67. The fourth-order valence-corrected chi connectivity index (χ4v) is 7.43. The van der Waals surface area contributed by atoms with Gasteiger partial charge in [0, 0.05) is 48.3 Å². The van der Waals surface area contributed by atoms with E-state index in [1.54, 1.807) is 0 Å². The zero-order valence-electron chi connectivity index (χ0n) is 30.2. The predicted molar refractivity (Wildman–Crippen MR) is 212 cm³/mol. The topological polar surface area (TPSA) is 131 Å². The average molecular weight is 755 g/mol. The molecular formula is C45H42N2O7S. The third kappa shape index (κ3) is 9.78. The predicted octanol–water partition coefficient (Wildman–Crippen LogP) is 9.38. The number of carboxylic acid groups (broad SMARTS) is 1. The van der Waals surface area contributed by atoms with Gasteiger partial charge < -0.3 is 29.4 Å². The minimum Gasteiger partial charge on any atom is -0.481 e. The van der Waals surface area contributed by atoms with Crippen LogP contribution >= 0.6 is 11.8 Å². The van der Waals surface area contributed by atoms with Crippen molar-refractivity contribution >= 4 is 23.6 Å². The summed E-state index contributed by atoms with van der Waals surface area (Å²) in [5.74, 6) is 0.222. The van der Waals surface area contributed by atoms with Crippen molar-refractivity contribution in [3.63, 3.8) is 0 Å². The third-order valence-electron chi connectivity index (χ3n) is 9.48. The largest absolute Gasteiger partial charge is 0.481 e. The van der Waals surface area contributed by atoms with Crippen LogP contribution in [0.25, 0.3) is 33.7 Å². The van der Waals surface area contributed by atoms with Crippen LogP contribution < -0.4 is 5.32 Å². The van der Waals surface area contributed by atoms with E-state index in [9.17, 15) is 14.7 Å². The lowest BCUT2D eigenvalue weighted by Gasteiger charge is -2.36. The maximum Gasteiger partial charge on any atom is 0.303 e. The Balaban J connectivity index is 1.09. The molecule has 7 rings (SSSR count). The molecule has 1 saturated heterocycles. The van der Waals surface area contributed by atoms with Crippen molar-refractivity contribution in [3.05, 3.63) is 156 Å². The molecule has 1 aliphatic heterocycles. The smallest absolute Gasteiger partial charge is 0.303 e. The molecule has 55 heavy (non-hydrogen) atoms. The highest BCUT2D eigenvalue weighted by Gasteiger charge is 2.33. The van der Waals surface area contributed by atoms with Crippen LogP contribution in [-0.4, -0.2) is 38.9 Å². The molecule has 1 amide bonds. The van der Waals surface area contributed by atoms with Gasteiger partial charge in [0.2, 0.25) is 5.91 Å².